The summed E-state index contributed by atoms with van der Waals surface area (Å²) in [7, 11) is 1.77. The Morgan fingerprint density at radius 2 is 2.15 bits per heavy atom. The Morgan fingerprint density at radius 3 is 2.69 bits per heavy atom. The molecule has 1 saturated heterocycles. The molecule has 1 aromatic heterocycles. The van der Waals surface area contributed by atoms with Gasteiger partial charge in [-0.15, -0.1) is 0 Å². The van der Waals surface area contributed by atoms with E-state index in [1.54, 1.807) is 11.6 Å². The van der Waals surface area contributed by atoms with Gasteiger partial charge in [0.15, 0.2) is 0 Å². The van der Waals surface area contributed by atoms with E-state index in [1.165, 1.54) is 0 Å². The topological polar surface area (TPSA) is 62.7 Å². The van der Waals surface area contributed by atoms with Gasteiger partial charge >= 0.3 is 5.69 Å². The molecule has 0 bridgehead atoms. The number of aromatic nitrogens is 3. The van der Waals surface area contributed by atoms with Gasteiger partial charge in [-0.1, -0.05) is 0 Å². The van der Waals surface area contributed by atoms with Crippen molar-refractivity contribution in [1.82, 2.24) is 20.1 Å². The number of hydrogen-bond acceptors (Lipinski definition) is 3. The van der Waals surface area contributed by atoms with Gasteiger partial charge in [0.05, 0.1) is 0 Å². The first kappa shape index (κ1) is 8.50. The van der Waals surface area contributed by atoms with Crippen LogP contribution in [-0.4, -0.2) is 27.9 Å². The van der Waals surface area contributed by atoms with E-state index in [4.69, 9.17) is 0 Å². The molecule has 1 aliphatic rings. The monoisotopic (exact) mass is 182 g/mol. The van der Waals surface area contributed by atoms with E-state index >= 15 is 0 Å². The summed E-state index contributed by atoms with van der Waals surface area (Å²) in [6.07, 6.45) is 2.14. The Balaban J connectivity index is 2.23. The van der Waals surface area contributed by atoms with Gasteiger partial charge in [-0.25, -0.2) is 9.89 Å². The molecule has 1 aliphatic heterocycles. The second-order valence-electron chi connectivity index (χ2n) is 3.47. The van der Waals surface area contributed by atoms with Crippen molar-refractivity contribution in [3.63, 3.8) is 0 Å². The van der Waals surface area contributed by atoms with Crippen LogP contribution in [0.4, 0.5) is 0 Å². The summed E-state index contributed by atoms with van der Waals surface area (Å²) in [5.74, 6) is 1.33. The lowest BCUT2D eigenvalue weighted by molar-refractivity contribution is 0.435. The summed E-state index contributed by atoms with van der Waals surface area (Å²) in [5, 5.41) is 9.79. The molecule has 2 heterocycles. The average Bonchev–Trinajstić information content (AvgIpc) is 2.49. The van der Waals surface area contributed by atoms with Crippen molar-refractivity contribution in [3.05, 3.63) is 16.3 Å². The predicted molar refractivity (Wildman–Crippen MR) is 48.7 cm³/mol. The number of nitrogens with zero attached hydrogens (tertiary/aromatic N) is 2. The summed E-state index contributed by atoms with van der Waals surface area (Å²) in [4.78, 5) is 11.1. The van der Waals surface area contributed by atoms with E-state index in [0.717, 1.165) is 31.8 Å². The second-order valence-corrected chi connectivity index (χ2v) is 3.47. The van der Waals surface area contributed by atoms with E-state index in [0.29, 0.717) is 5.92 Å². The van der Waals surface area contributed by atoms with Crippen molar-refractivity contribution in [3.8, 4) is 0 Å². The quantitative estimate of drug-likeness (QED) is 0.620. The van der Waals surface area contributed by atoms with Crippen molar-refractivity contribution in [2.45, 2.75) is 18.8 Å². The third-order valence-corrected chi connectivity index (χ3v) is 2.62. The van der Waals surface area contributed by atoms with Crippen LogP contribution in [-0.2, 0) is 7.05 Å². The van der Waals surface area contributed by atoms with Gasteiger partial charge in [-0.3, -0.25) is 4.57 Å². The highest BCUT2D eigenvalue weighted by molar-refractivity contribution is 4.97. The van der Waals surface area contributed by atoms with Gasteiger partial charge in [-0.2, -0.15) is 5.10 Å². The van der Waals surface area contributed by atoms with Gasteiger partial charge < -0.3 is 5.32 Å². The van der Waals surface area contributed by atoms with Crippen LogP contribution >= 0.6 is 0 Å². The minimum Gasteiger partial charge on any atom is -0.317 e. The molecule has 72 valence electrons. The maximum absolute atomic E-state index is 11.1. The van der Waals surface area contributed by atoms with Gasteiger partial charge in [0.1, 0.15) is 5.82 Å². The SMILES string of the molecule is Cn1c(C2CCNCC2)n[nH]c1=O. The molecule has 0 radical (unpaired) electrons. The van der Waals surface area contributed by atoms with Crippen LogP contribution in [0, 0.1) is 0 Å². The molecule has 13 heavy (non-hydrogen) atoms. The smallest absolute Gasteiger partial charge is 0.317 e. The van der Waals surface area contributed by atoms with Crippen LogP contribution in [0.2, 0.25) is 0 Å². The zero-order valence-electron chi connectivity index (χ0n) is 7.71. The van der Waals surface area contributed by atoms with Crippen LogP contribution in [0.25, 0.3) is 0 Å². The van der Waals surface area contributed by atoms with Crippen LogP contribution in [0.3, 0.4) is 0 Å². The largest absolute Gasteiger partial charge is 0.343 e. The third-order valence-electron chi connectivity index (χ3n) is 2.62. The first-order valence-electron chi connectivity index (χ1n) is 4.61. The average molecular weight is 182 g/mol. The molecule has 0 spiro atoms. The summed E-state index contributed by atoms with van der Waals surface area (Å²) < 4.78 is 1.61. The standard InChI is InChI=1S/C8H14N4O/c1-12-7(10-11-8(12)13)6-2-4-9-5-3-6/h6,9H,2-5H2,1H3,(H,11,13). The first-order valence-corrected chi connectivity index (χ1v) is 4.61. The Labute approximate surface area is 76.2 Å². The number of H-pyrrole nitrogens is 1. The molecule has 0 saturated carbocycles. The lowest BCUT2D eigenvalue weighted by Gasteiger charge is -2.21. The third kappa shape index (κ3) is 1.51. The molecule has 2 rings (SSSR count). The van der Waals surface area contributed by atoms with Crippen LogP contribution in [0.5, 0.6) is 0 Å². The zero-order chi connectivity index (χ0) is 9.26. The number of nitrogens with one attached hydrogen (secondary N) is 2. The molecule has 5 nitrogen and oxygen atoms in total. The highest BCUT2D eigenvalue weighted by atomic mass is 16.1. The zero-order valence-corrected chi connectivity index (χ0v) is 7.71. The Bertz CT molecular complexity index is 334. The molecule has 1 fully saturated rings. The van der Waals surface area contributed by atoms with Crippen LogP contribution in [0.1, 0.15) is 24.6 Å². The molecule has 1 aromatic rings. The molecule has 0 unspecified atom stereocenters. The molecule has 0 amide bonds. The predicted octanol–water partition coefficient (Wildman–Crippen LogP) is -0.425. The maximum Gasteiger partial charge on any atom is 0.343 e. The van der Waals surface area contributed by atoms with Crippen LogP contribution < -0.4 is 11.0 Å². The minimum absolute atomic E-state index is 0.117. The lowest BCUT2D eigenvalue weighted by Crippen LogP contribution is -2.28. The van der Waals surface area contributed by atoms with Crippen molar-refractivity contribution >= 4 is 0 Å². The molecule has 0 aliphatic carbocycles. The molecule has 5 heteroatoms. The second kappa shape index (κ2) is 3.33. The molecular formula is C8H14N4O. The van der Waals surface area contributed by atoms with Crippen molar-refractivity contribution < 1.29 is 0 Å². The molecule has 0 aromatic carbocycles. The van der Waals surface area contributed by atoms with E-state index in [1.807, 2.05) is 0 Å². The van der Waals surface area contributed by atoms with Crippen molar-refractivity contribution in [2.24, 2.45) is 7.05 Å². The van der Waals surface area contributed by atoms with E-state index in [2.05, 4.69) is 15.5 Å². The summed E-state index contributed by atoms with van der Waals surface area (Å²) in [5.41, 5.74) is -0.117. The van der Waals surface area contributed by atoms with E-state index in [-0.39, 0.29) is 5.69 Å². The molecular weight excluding hydrogens is 168 g/mol. The maximum atomic E-state index is 11.1. The summed E-state index contributed by atoms with van der Waals surface area (Å²) >= 11 is 0. The first-order chi connectivity index (χ1) is 6.29. The minimum atomic E-state index is -0.117. The fourth-order valence-corrected chi connectivity index (χ4v) is 1.80. The number of aromatic amines is 1. The Hall–Kier alpha value is -1.10. The van der Waals surface area contributed by atoms with E-state index < -0.39 is 0 Å². The highest BCUT2D eigenvalue weighted by Crippen LogP contribution is 2.21. The summed E-state index contributed by atoms with van der Waals surface area (Å²) in [6, 6.07) is 0. The number of piperidine rings is 1. The molecule has 0 atom stereocenters. The van der Waals surface area contributed by atoms with Gasteiger partial charge in [-0.05, 0) is 25.9 Å². The normalized spacial score (nSPS) is 19.2. The number of hydrogen-bond donors (Lipinski definition) is 2. The fraction of sp³-hybridized carbons (Fsp3) is 0.750. The van der Waals surface area contributed by atoms with Gasteiger partial charge in [0.25, 0.3) is 0 Å². The lowest BCUT2D eigenvalue weighted by atomic mass is 9.97. The van der Waals surface area contributed by atoms with Crippen LogP contribution in [0.15, 0.2) is 4.79 Å². The van der Waals surface area contributed by atoms with Crippen molar-refractivity contribution in [1.29, 1.82) is 0 Å². The van der Waals surface area contributed by atoms with E-state index in [9.17, 15) is 4.79 Å². The number of rotatable bonds is 1. The fourth-order valence-electron chi connectivity index (χ4n) is 1.80. The Kier molecular flexibility index (Phi) is 2.18. The highest BCUT2D eigenvalue weighted by Gasteiger charge is 2.19. The summed E-state index contributed by atoms with van der Waals surface area (Å²) in [6.45, 7) is 2.04. The van der Waals surface area contributed by atoms with Gasteiger partial charge in [0, 0.05) is 13.0 Å². The Morgan fingerprint density at radius 1 is 1.46 bits per heavy atom. The van der Waals surface area contributed by atoms with Gasteiger partial charge in [0.2, 0.25) is 0 Å². The van der Waals surface area contributed by atoms with Crippen molar-refractivity contribution in [2.75, 3.05) is 13.1 Å². The molecule has 2 N–H and O–H groups in total.